The standard InChI is InChI=1S/C80H55N4O.Pt/c1-80(2,3)50-42-43-81-70(44-50)84-67-40-38-65-71-56-26-10-14-30-60(56)73(61-31-15-11-27-57(61)71)76(65)75(67)64-37-36-53(46-69(64)84)85-52-25-18-24-51(45-52)82-47-83(78-54(48-20-6-4-7-21-48)34-19-35-55(78)49-22-8-5-9-23-49)68-41-39-66-72-58-28-12-16-32-62(58)74(77(66)79(68)82)63-33-17-13-29-59(63)72;/h4-44,47,71-74H,1-3H3;/q-3;/i4D,5D,6D,7D,8D,9D,20D,21D,22D,23D;. The molecule has 0 fully saturated rings. The summed E-state index contributed by atoms with van der Waals surface area (Å²) >= 11 is 0. The first-order valence-corrected chi connectivity index (χ1v) is 28.9. The molecule has 0 saturated carbocycles. The smallest absolute Gasteiger partial charge is 0.135 e. The average molecular weight is 1290 g/mol. The summed E-state index contributed by atoms with van der Waals surface area (Å²) in [6, 6.07) is 64.9. The molecule has 1 aliphatic heterocycles. The minimum Gasteiger partial charge on any atom is -0.509 e. The molecule has 0 spiro atoms. The molecule has 86 heavy (non-hydrogen) atoms. The van der Waals surface area contributed by atoms with Crippen molar-refractivity contribution in [2.75, 3.05) is 9.80 Å². The van der Waals surface area contributed by atoms with Crippen LogP contribution < -0.4 is 14.5 Å². The predicted octanol–water partition coefficient (Wildman–Crippen LogP) is 19.6. The molecule has 20 rings (SSSR count). The van der Waals surface area contributed by atoms with Crippen molar-refractivity contribution in [2.24, 2.45) is 0 Å². The van der Waals surface area contributed by atoms with Crippen molar-refractivity contribution < 1.29 is 39.5 Å². The molecule has 2 aromatic heterocycles. The number of anilines is 4. The van der Waals surface area contributed by atoms with Crippen molar-refractivity contribution in [1.82, 2.24) is 9.55 Å². The van der Waals surface area contributed by atoms with Crippen LogP contribution in [0.5, 0.6) is 11.5 Å². The molecule has 0 amide bonds. The van der Waals surface area contributed by atoms with Crippen molar-refractivity contribution >= 4 is 44.6 Å². The number of para-hydroxylation sites is 1. The fourth-order valence-electron chi connectivity index (χ4n) is 15.0. The largest absolute Gasteiger partial charge is 0.509 e. The van der Waals surface area contributed by atoms with Crippen LogP contribution in [0, 0.1) is 18.8 Å². The first-order chi connectivity index (χ1) is 46.0. The number of benzene rings is 11. The van der Waals surface area contributed by atoms with E-state index in [1.165, 1.54) is 44.5 Å². The molecule has 0 atom stereocenters. The van der Waals surface area contributed by atoms with Gasteiger partial charge in [0.1, 0.15) is 5.82 Å². The van der Waals surface area contributed by atoms with Crippen molar-refractivity contribution in [3.8, 4) is 39.6 Å². The van der Waals surface area contributed by atoms with Crippen molar-refractivity contribution in [2.45, 2.75) is 49.9 Å². The first-order valence-electron chi connectivity index (χ1n) is 33.9. The van der Waals surface area contributed by atoms with E-state index in [9.17, 15) is 5.48 Å². The monoisotopic (exact) mass is 1290 g/mol. The maximum atomic E-state index is 9.42. The minimum absolute atomic E-state index is 0. The molecule has 5 nitrogen and oxygen atoms in total. The molecule has 0 radical (unpaired) electrons. The van der Waals surface area contributed by atoms with Gasteiger partial charge in [-0.15, -0.1) is 48.1 Å². The molecule has 414 valence electrons. The fourth-order valence-corrected chi connectivity index (χ4v) is 15.0. The Morgan fingerprint density at radius 3 is 1.59 bits per heavy atom. The van der Waals surface area contributed by atoms with E-state index in [-0.39, 0.29) is 78.1 Å². The Kier molecular flexibility index (Phi) is 9.28. The molecule has 6 heteroatoms. The molecule has 13 aromatic rings. The second-order valence-corrected chi connectivity index (χ2v) is 23.8. The second-order valence-electron chi connectivity index (χ2n) is 23.8. The molecule has 4 bridgehead atoms. The quantitative estimate of drug-likeness (QED) is 0.149. The van der Waals surface area contributed by atoms with Crippen LogP contribution in [0.25, 0.3) is 49.9 Å². The zero-order chi connectivity index (χ0) is 64.9. The Balaban J connectivity index is 0.00000697. The zero-order valence-electron chi connectivity index (χ0n) is 56.8. The SMILES string of the molecule is [2H]c1c([2H])c([2H])c(-c2cccc(-c3c([2H])c([2H])c([2H])c([2H])c3[2H])c2N2[CH-]N(c3[c-]c(Oc4[c-]c5c(cc4)c4c6c(ccc4n5-c4cc(C(C)(C)C)ccn4)C4c5ccccc5C6c5ccccc54)ccc3)c3c2ccc2c3C3c4ccccc4C2c2ccccc23)c([2H])c1[2H].[Pt]. The number of pyridine rings is 1. The minimum atomic E-state index is -0.567. The maximum Gasteiger partial charge on any atom is 0.135 e. The topological polar surface area (TPSA) is 33.5 Å². The van der Waals surface area contributed by atoms with Crippen LogP contribution in [0.4, 0.5) is 22.7 Å². The van der Waals surface area contributed by atoms with Gasteiger partial charge in [-0.1, -0.05) is 214 Å². The van der Waals surface area contributed by atoms with E-state index >= 15 is 0 Å². The van der Waals surface area contributed by atoms with Crippen LogP contribution in [0.3, 0.4) is 0 Å². The Bertz CT molecular complexity index is 5350. The van der Waals surface area contributed by atoms with Gasteiger partial charge in [-0.05, 0) is 119 Å². The van der Waals surface area contributed by atoms with Crippen LogP contribution in [-0.4, -0.2) is 9.55 Å². The van der Waals surface area contributed by atoms with E-state index in [2.05, 4.69) is 171 Å². The van der Waals surface area contributed by atoms with E-state index in [4.69, 9.17) is 17.9 Å². The van der Waals surface area contributed by atoms with E-state index in [0.29, 0.717) is 22.9 Å². The van der Waals surface area contributed by atoms with Gasteiger partial charge in [0.2, 0.25) is 0 Å². The Morgan fingerprint density at radius 2 is 1.01 bits per heavy atom. The molecule has 3 heterocycles. The van der Waals surface area contributed by atoms with Crippen molar-refractivity contribution in [3.63, 3.8) is 0 Å². The van der Waals surface area contributed by atoms with Gasteiger partial charge in [0.05, 0.1) is 13.7 Å². The Morgan fingerprint density at radius 1 is 0.488 bits per heavy atom. The third-order valence-electron chi connectivity index (χ3n) is 18.4. The number of ether oxygens (including phenoxy) is 1. The first kappa shape index (κ1) is 41.5. The number of aromatic nitrogens is 2. The number of hydrogen-bond donors (Lipinski definition) is 0. The van der Waals surface area contributed by atoms with Gasteiger partial charge in [0.15, 0.2) is 0 Å². The van der Waals surface area contributed by atoms with Crippen LogP contribution >= 0.6 is 0 Å². The van der Waals surface area contributed by atoms with Gasteiger partial charge in [0, 0.05) is 96.1 Å². The van der Waals surface area contributed by atoms with E-state index in [1.807, 2.05) is 53.0 Å². The van der Waals surface area contributed by atoms with Crippen LogP contribution in [-0.2, 0) is 26.5 Å². The normalized spacial score (nSPS) is 18.7. The van der Waals surface area contributed by atoms with E-state index in [1.54, 1.807) is 18.2 Å². The summed E-state index contributed by atoms with van der Waals surface area (Å²) in [5, 5.41) is 2.17. The van der Waals surface area contributed by atoms with Gasteiger partial charge in [-0.3, -0.25) is 0 Å². The van der Waals surface area contributed by atoms with E-state index in [0.717, 1.165) is 61.1 Å². The van der Waals surface area contributed by atoms with Crippen LogP contribution in [0.2, 0.25) is 0 Å². The molecule has 0 N–H and O–H groups in total. The number of nitrogens with zero attached hydrogens (tertiary/aromatic N) is 4. The number of fused-ring (bicyclic) bond motifs is 4. The Hall–Kier alpha value is -9.54. The summed E-state index contributed by atoms with van der Waals surface area (Å²) in [5.74, 6) is 1.26. The molecular formula is C80H55N4OPt-3. The summed E-state index contributed by atoms with van der Waals surface area (Å²) in [4.78, 5) is 9.01. The van der Waals surface area contributed by atoms with Crippen LogP contribution in [0.15, 0.2) is 249 Å². The third-order valence-corrected chi connectivity index (χ3v) is 18.4. The summed E-state index contributed by atoms with van der Waals surface area (Å²) < 4.78 is 99.8. The average Bonchev–Trinajstić information content (AvgIpc) is 1.28. The van der Waals surface area contributed by atoms with Gasteiger partial charge < -0.3 is 19.1 Å². The van der Waals surface area contributed by atoms with Crippen LogP contribution in [0.1, 0.15) is 130 Å². The summed E-state index contributed by atoms with van der Waals surface area (Å²) in [6.07, 6.45) is 1.89. The van der Waals surface area contributed by atoms with Gasteiger partial charge >= 0.3 is 0 Å². The van der Waals surface area contributed by atoms with Gasteiger partial charge in [-0.2, -0.15) is 12.1 Å². The zero-order valence-corrected chi connectivity index (χ0v) is 49.1. The molecule has 7 aliphatic rings. The molecular weight excluding hydrogens is 1230 g/mol. The molecule has 0 saturated heterocycles. The Labute approximate surface area is 529 Å². The van der Waals surface area contributed by atoms with Gasteiger partial charge in [-0.25, -0.2) is 4.98 Å². The maximum absolute atomic E-state index is 9.42. The second kappa shape index (κ2) is 19.2. The summed E-state index contributed by atoms with van der Waals surface area (Å²) in [6.45, 7) is 8.50. The number of rotatable bonds is 7. The van der Waals surface area contributed by atoms with Gasteiger partial charge in [0.25, 0.3) is 0 Å². The molecule has 0 unspecified atom stereocenters. The summed E-state index contributed by atoms with van der Waals surface area (Å²) in [5.41, 5.74) is 19.8. The van der Waals surface area contributed by atoms with Crippen molar-refractivity contribution in [1.29, 1.82) is 0 Å². The third kappa shape index (κ3) is 7.37. The fraction of sp³-hybridized carbons (Fsp3) is 0.100. The predicted molar refractivity (Wildman–Crippen MR) is 343 cm³/mol. The molecule has 11 aromatic carbocycles. The van der Waals surface area contributed by atoms with E-state index < -0.39 is 60.4 Å². The molecule has 6 aliphatic carbocycles. The summed E-state index contributed by atoms with van der Waals surface area (Å²) in [7, 11) is 0. The van der Waals surface area contributed by atoms with Crippen molar-refractivity contribution in [3.05, 3.63) is 340 Å². The number of hydrogen-bond acceptors (Lipinski definition) is 4.